The Morgan fingerprint density at radius 3 is 2.60 bits per heavy atom. The Bertz CT molecular complexity index is 722. The predicted molar refractivity (Wildman–Crippen MR) is 75.2 cm³/mol. The van der Waals surface area contributed by atoms with Crippen LogP contribution in [0.15, 0.2) is 28.7 Å². The molecule has 0 N–H and O–H groups in total. The van der Waals surface area contributed by atoms with Gasteiger partial charge in [0.05, 0.1) is 11.5 Å². The van der Waals surface area contributed by atoms with Gasteiger partial charge in [-0.25, -0.2) is 0 Å². The normalized spacial score (nSPS) is 17.4. The lowest BCUT2D eigenvalue weighted by atomic mass is 9.94. The number of hydrogen-bond donors (Lipinski definition) is 0. The van der Waals surface area contributed by atoms with E-state index in [-0.39, 0.29) is 11.6 Å². The van der Waals surface area contributed by atoms with Gasteiger partial charge in [-0.05, 0) is 44.9 Å². The molecule has 1 aliphatic carbocycles. The Morgan fingerprint density at radius 2 is 1.95 bits per heavy atom. The van der Waals surface area contributed by atoms with E-state index >= 15 is 0 Å². The van der Waals surface area contributed by atoms with Gasteiger partial charge in [0, 0.05) is 5.56 Å². The molecule has 1 aromatic carbocycles. The molecule has 3 rings (SSSR count). The van der Waals surface area contributed by atoms with Gasteiger partial charge in [-0.15, -0.1) is 0 Å². The van der Waals surface area contributed by atoms with E-state index in [0.29, 0.717) is 29.1 Å². The topological polar surface area (TPSA) is 47.3 Å². The molecule has 0 bridgehead atoms. The summed E-state index contributed by atoms with van der Waals surface area (Å²) in [5, 5.41) is 0. The lowest BCUT2D eigenvalue weighted by Crippen LogP contribution is -2.21. The van der Waals surface area contributed by atoms with Crippen molar-refractivity contribution >= 4 is 11.6 Å². The fraction of sp³-hybridized carbons (Fsp3) is 0.294. The number of carbonyl (C=O) groups excluding carboxylic acids is 2. The fourth-order valence-electron chi connectivity index (χ4n) is 2.87. The average Bonchev–Trinajstić information content (AvgIpc) is 2.90. The molecule has 0 amide bonds. The third-order valence-corrected chi connectivity index (χ3v) is 3.89. The summed E-state index contributed by atoms with van der Waals surface area (Å²) in [7, 11) is 0. The molecule has 3 nitrogen and oxygen atoms in total. The van der Waals surface area contributed by atoms with Crippen LogP contribution in [0.3, 0.4) is 0 Å². The third-order valence-electron chi connectivity index (χ3n) is 3.89. The summed E-state index contributed by atoms with van der Waals surface area (Å²) in [6, 6.07) is 7.52. The van der Waals surface area contributed by atoms with Crippen molar-refractivity contribution in [2.45, 2.75) is 27.2 Å². The second kappa shape index (κ2) is 4.44. The lowest BCUT2D eigenvalue weighted by Gasteiger charge is -2.05. The summed E-state index contributed by atoms with van der Waals surface area (Å²) in [4.78, 5) is 25.0. The Labute approximate surface area is 117 Å². The summed E-state index contributed by atoms with van der Waals surface area (Å²) < 4.78 is 5.39. The monoisotopic (exact) mass is 268 g/mol. The summed E-state index contributed by atoms with van der Waals surface area (Å²) >= 11 is 0. The minimum absolute atomic E-state index is 0.0630. The first kappa shape index (κ1) is 12.9. The number of ketones is 2. The van der Waals surface area contributed by atoms with E-state index in [2.05, 4.69) is 0 Å². The van der Waals surface area contributed by atoms with Crippen LogP contribution in [0, 0.1) is 26.7 Å². The van der Waals surface area contributed by atoms with E-state index in [1.807, 2.05) is 25.1 Å². The summed E-state index contributed by atoms with van der Waals surface area (Å²) in [6.45, 7) is 5.52. The Hall–Kier alpha value is -2.16. The number of aryl methyl sites for hydroxylation is 3. The molecule has 0 saturated heterocycles. The maximum Gasteiger partial charge on any atom is 0.177 e. The molecule has 0 radical (unpaired) electrons. The summed E-state index contributed by atoms with van der Waals surface area (Å²) in [5.41, 5.74) is 3.24. The highest BCUT2D eigenvalue weighted by molar-refractivity contribution is 6.19. The van der Waals surface area contributed by atoms with Gasteiger partial charge in [0.2, 0.25) is 0 Å². The molecule has 1 heterocycles. The second-order valence-corrected chi connectivity index (χ2v) is 5.47. The zero-order valence-electron chi connectivity index (χ0n) is 11.8. The summed E-state index contributed by atoms with van der Waals surface area (Å²) in [5.74, 6) is 0.504. The number of benzene rings is 1. The van der Waals surface area contributed by atoms with Crippen molar-refractivity contribution in [3.8, 4) is 0 Å². The Morgan fingerprint density at radius 1 is 1.20 bits per heavy atom. The van der Waals surface area contributed by atoms with Gasteiger partial charge < -0.3 is 4.42 Å². The van der Waals surface area contributed by atoms with Gasteiger partial charge in [0.15, 0.2) is 11.6 Å². The molecule has 1 aromatic heterocycles. The summed E-state index contributed by atoms with van der Waals surface area (Å²) in [6.07, 6.45) is 0.497. The molecular formula is C17H16O3. The Balaban J connectivity index is 1.96. The van der Waals surface area contributed by atoms with E-state index in [1.54, 1.807) is 19.9 Å². The Kier molecular flexibility index (Phi) is 2.85. The van der Waals surface area contributed by atoms with E-state index in [1.165, 1.54) is 0 Å². The molecular weight excluding hydrogens is 252 g/mol. The van der Waals surface area contributed by atoms with Gasteiger partial charge in [0.1, 0.15) is 11.5 Å². The molecule has 0 saturated carbocycles. The maximum absolute atomic E-state index is 12.6. The van der Waals surface area contributed by atoms with Crippen LogP contribution in [0.25, 0.3) is 0 Å². The minimum Gasteiger partial charge on any atom is -0.466 e. The van der Waals surface area contributed by atoms with Crippen LogP contribution in [0.2, 0.25) is 0 Å². The largest absolute Gasteiger partial charge is 0.466 e. The van der Waals surface area contributed by atoms with Crippen LogP contribution < -0.4 is 0 Å². The smallest absolute Gasteiger partial charge is 0.177 e. The van der Waals surface area contributed by atoms with Crippen molar-refractivity contribution in [2.24, 2.45) is 5.92 Å². The number of furan rings is 1. The predicted octanol–water partition coefficient (Wildman–Crippen LogP) is 3.44. The highest BCUT2D eigenvalue weighted by Crippen LogP contribution is 2.31. The first-order valence-corrected chi connectivity index (χ1v) is 6.72. The van der Waals surface area contributed by atoms with E-state index < -0.39 is 5.92 Å². The quantitative estimate of drug-likeness (QED) is 0.619. The third kappa shape index (κ3) is 1.90. The molecule has 0 spiro atoms. The van der Waals surface area contributed by atoms with Crippen LogP contribution in [0.4, 0.5) is 0 Å². The van der Waals surface area contributed by atoms with Crippen molar-refractivity contribution in [1.82, 2.24) is 0 Å². The van der Waals surface area contributed by atoms with Crippen molar-refractivity contribution in [3.05, 3.63) is 58.0 Å². The SMILES string of the molecule is Cc1ccc2c(c1)C(=O)C(C(=O)c1cc(C)oc1C)C2. The molecule has 2 aromatic rings. The molecule has 3 heteroatoms. The van der Waals surface area contributed by atoms with E-state index in [0.717, 1.165) is 11.1 Å². The minimum atomic E-state index is -0.595. The first-order chi connectivity index (χ1) is 9.47. The lowest BCUT2D eigenvalue weighted by molar-refractivity contribution is 0.0821. The first-order valence-electron chi connectivity index (χ1n) is 6.72. The maximum atomic E-state index is 12.6. The van der Waals surface area contributed by atoms with Gasteiger partial charge in [-0.3, -0.25) is 9.59 Å². The van der Waals surface area contributed by atoms with Crippen molar-refractivity contribution in [1.29, 1.82) is 0 Å². The van der Waals surface area contributed by atoms with Gasteiger partial charge in [-0.1, -0.05) is 17.7 Å². The molecule has 102 valence electrons. The van der Waals surface area contributed by atoms with Crippen LogP contribution in [0.1, 0.15) is 43.4 Å². The van der Waals surface area contributed by atoms with Crippen LogP contribution in [-0.4, -0.2) is 11.6 Å². The molecule has 0 fully saturated rings. The van der Waals surface area contributed by atoms with Gasteiger partial charge in [-0.2, -0.15) is 0 Å². The molecule has 20 heavy (non-hydrogen) atoms. The number of carbonyl (C=O) groups is 2. The van der Waals surface area contributed by atoms with E-state index in [4.69, 9.17) is 4.42 Å². The van der Waals surface area contributed by atoms with Gasteiger partial charge >= 0.3 is 0 Å². The van der Waals surface area contributed by atoms with Crippen molar-refractivity contribution in [2.75, 3.05) is 0 Å². The number of Topliss-reactive ketones (excluding diaryl/α,β-unsaturated/α-hetero) is 2. The van der Waals surface area contributed by atoms with Crippen molar-refractivity contribution < 1.29 is 14.0 Å². The second-order valence-electron chi connectivity index (χ2n) is 5.47. The van der Waals surface area contributed by atoms with E-state index in [9.17, 15) is 9.59 Å². The number of hydrogen-bond acceptors (Lipinski definition) is 3. The average molecular weight is 268 g/mol. The highest BCUT2D eigenvalue weighted by atomic mass is 16.3. The number of rotatable bonds is 2. The van der Waals surface area contributed by atoms with Crippen molar-refractivity contribution in [3.63, 3.8) is 0 Å². The zero-order chi connectivity index (χ0) is 14.4. The molecule has 1 atom stereocenters. The van der Waals surface area contributed by atoms with Crippen LogP contribution in [-0.2, 0) is 6.42 Å². The van der Waals surface area contributed by atoms with Crippen LogP contribution in [0.5, 0.6) is 0 Å². The number of fused-ring (bicyclic) bond motifs is 1. The molecule has 1 unspecified atom stereocenters. The highest BCUT2D eigenvalue weighted by Gasteiger charge is 2.37. The molecule has 1 aliphatic rings. The molecule has 0 aliphatic heterocycles. The van der Waals surface area contributed by atoms with Gasteiger partial charge in [0.25, 0.3) is 0 Å². The standard InChI is InChI=1S/C17H16O3/c1-9-4-5-12-8-15(17(19)14(12)6-9)16(18)13-7-10(2)20-11(13)3/h4-7,15H,8H2,1-3H3. The zero-order valence-corrected chi connectivity index (χ0v) is 11.8. The fourth-order valence-corrected chi connectivity index (χ4v) is 2.87. The van der Waals surface area contributed by atoms with Crippen LogP contribution >= 0.6 is 0 Å².